The van der Waals surface area contributed by atoms with Gasteiger partial charge in [-0.2, -0.15) is 13.2 Å². The number of hydrogen-bond donors (Lipinski definition) is 4. The monoisotopic (exact) mass is 449 g/mol. The number of aliphatic hydroxyl groups is 1. The van der Waals surface area contributed by atoms with Crippen LogP contribution in [0.15, 0.2) is 42.5 Å². The maximum atomic E-state index is 13.5. The van der Waals surface area contributed by atoms with Gasteiger partial charge >= 0.3 is 6.18 Å². The van der Waals surface area contributed by atoms with Gasteiger partial charge in [0.25, 0.3) is 0 Å². The number of aliphatic hydroxyl groups excluding tert-OH is 1. The van der Waals surface area contributed by atoms with Gasteiger partial charge in [0.2, 0.25) is 11.8 Å². The number of aryl methyl sites for hydroxylation is 1. The lowest BCUT2D eigenvalue weighted by molar-refractivity contribution is -0.136. The summed E-state index contributed by atoms with van der Waals surface area (Å²) in [6.45, 7) is 0.0289. The van der Waals surface area contributed by atoms with E-state index in [0.717, 1.165) is 6.07 Å². The SMILES string of the molecule is O=C(CCc1c(-c2ccc(F)cc2)[nH]c2c(C(F)(F)F)cccc12)N[C@@H]1C(=O)NC[C@H]1O. The summed E-state index contributed by atoms with van der Waals surface area (Å²) >= 11 is 0. The van der Waals surface area contributed by atoms with Gasteiger partial charge in [-0.1, -0.05) is 12.1 Å². The molecule has 2 heterocycles. The molecule has 4 N–H and O–H groups in total. The molecule has 1 fully saturated rings. The maximum absolute atomic E-state index is 13.5. The second-order valence-corrected chi connectivity index (χ2v) is 7.57. The van der Waals surface area contributed by atoms with Crippen LogP contribution in [0.2, 0.25) is 0 Å². The molecule has 0 spiro atoms. The van der Waals surface area contributed by atoms with Crippen molar-refractivity contribution >= 4 is 22.7 Å². The zero-order valence-corrected chi connectivity index (χ0v) is 16.6. The summed E-state index contributed by atoms with van der Waals surface area (Å²) in [6.07, 6.45) is -5.72. The summed E-state index contributed by atoms with van der Waals surface area (Å²) < 4.78 is 54.0. The molecule has 1 saturated heterocycles. The van der Waals surface area contributed by atoms with Crippen molar-refractivity contribution in [3.8, 4) is 11.3 Å². The molecule has 4 rings (SSSR count). The van der Waals surface area contributed by atoms with Crippen molar-refractivity contribution in [2.75, 3.05) is 6.54 Å². The number of H-pyrrole nitrogens is 1. The number of carbonyl (C=O) groups excluding carboxylic acids is 2. The van der Waals surface area contributed by atoms with Gasteiger partial charge in [0, 0.05) is 24.0 Å². The molecule has 6 nitrogen and oxygen atoms in total. The Balaban J connectivity index is 1.68. The molecule has 1 aliphatic rings. The first-order valence-corrected chi connectivity index (χ1v) is 9.87. The minimum atomic E-state index is -4.59. The van der Waals surface area contributed by atoms with Crippen LogP contribution in [0.5, 0.6) is 0 Å². The van der Waals surface area contributed by atoms with Crippen LogP contribution >= 0.6 is 0 Å². The molecule has 168 valence electrons. The number of nitrogens with one attached hydrogen (secondary N) is 3. The fraction of sp³-hybridized carbons (Fsp3) is 0.273. The largest absolute Gasteiger partial charge is 0.418 e. The standard InChI is InChI=1S/C22H19F4N3O3/c23-12-6-4-11(5-7-12)18-14(8-9-17(31)28-20-16(30)10-27-21(20)32)13-2-1-3-15(19(13)29-18)22(24,25)26/h1-7,16,20,29-30H,8-10H2,(H,27,32)(H,28,31)/t16-,20+/m1/s1. The van der Waals surface area contributed by atoms with Crippen LogP contribution < -0.4 is 10.6 Å². The Labute approximate surface area is 179 Å². The number of β-amino-alcohol motifs (C(OH)–C–C–N with tert-alkyl or cyclic N) is 1. The number of benzene rings is 2. The van der Waals surface area contributed by atoms with E-state index in [9.17, 15) is 32.3 Å². The van der Waals surface area contributed by atoms with E-state index in [-0.39, 0.29) is 24.9 Å². The first-order chi connectivity index (χ1) is 15.1. The normalized spacial score (nSPS) is 18.7. The molecule has 2 aromatic carbocycles. The summed E-state index contributed by atoms with van der Waals surface area (Å²) in [5.74, 6) is -1.52. The second-order valence-electron chi connectivity index (χ2n) is 7.57. The summed E-state index contributed by atoms with van der Waals surface area (Å²) in [5.41, 5.74) is 0.310. The zero-order chi connectivity index (χ0) is 23.0. The van der Waals surface area contributed by atoms with Crippen molar-refractivity contribution < 1.29 is 32.3 Å². The third kappa shape index (κ3) is 4.18. The van der Waals surface area contributed by atoms with Crippen molar-refractivity contribution in [1.82, 2.24) is 15.6 Å². The van der Waals surface area contributed by atoms with E-state index in [1.807, 2.05) is 0 Å². The number of hydrogen-bond acceptors (Lipinski definition) is 3. The van der Waals surface area contributed by atoms with Crippen LogP contribution in [0.25, 0.3) is 22.2 Å². The average molecular weight is 449 g/mol. The number of alkyl halides is 3. The number of para-hydroxylation sites is 1. The van der Waals surface area contributed by atoms with Crippen molar-refractivity contribution in [3.05, 3.63) is 59.4 Å². The van der Waals surface area contributed by atoms with Gasteiger partial charge in [-0.25, -0.2) is 4.39 Å². The molecule has 32 heavy (non-hydrogen) atoms. The number of aromatic nitrogens is 1. The smallest absolute Gasteiger partial charge is 0.389 e. The molecule has 0 unspecified atom stereocenters. The zero-order valence-electron chi connectivity index (χ0n) is 16.6. The van der Waals surface area contributed by atoms with Crippen molar-refractivity contribution in [2.45, 2.75) is 31.2 Å². The predicted molar refractivity (Wildman–Crippen MR) is 108 cm³/mol. The first-order valence-electron chi connectivity index (χ1n) is 9.87. The third-order valence-corrected chi connectivity index (χ3v) is 5.45. The lowest BCUT2D eigenvalue weighted by atomic mass is 9.99. The molecule has 10 heteroatoms. The quantitative estimate of drug-likeness (QED) is 0.452. The van der Waals surface area contributed by atoms with Gasteiger partial charge < -0.3 is 20.7 Å². The minimum Gasteiger partial charge on any atom is -0.389 e. The fourth-order valence-electron chi connectivity index (χ4n) is 3.89. The van der Waals surface area contributed by atoms with E-state index in [1.165, 1.54) is 36.4 Å². The Kier molecular flexibility index (Phi) is 5.64. The molecule has 1 aliphatic heterocycles. The van der Waals surface area contributed by atoms with E-state index < -0.39 is 41.5 Å². The molecule has 2 amide bonds. The molecule has 0 radical (unpaired) electrons. The van der Waals surface area contributed by atoms with E-state index >= 15 is 0 Å². The van der Waals surface area contributed by atoms with Gasteiger partial charge in [0.05, 0.1) is 11.1 Å². The summed E-state index contributed by atoms with van der Waals surface area (Å²) in [7, 11) is 0. The Morgan fingerprint density at radius 1 is 1.16 bits per heavy atom. The van der Waals surface area contributed by atoms with Crippen molar-refractivity contribution in [2.24, 2.45) is 0 Å². The fourth-order valence-corrected chi connectivity index (χ4v) is 3.89. The van der Waals surface area contributed by atoms with Crippen LogP contribution in [0, 0.1) is 5.82 Å². The van der Waals surface area contributed by atoms with E-state index in [2.05, 4.69) is 15.6 Å². The molecular formula is C22H19F4N3O3. The van der Waals surface area contributed by atoms with Crippen LogP contribution in [-0.2, 0) is 22.2 Å². The maximum Gasteiger partial charge on any atom is 0.418 e. The van der Waals surface area contributed by atoms with Crippen LogP contribution in [-0.4, -0.2) is 40.6 Å². The lowest BCUT2D eigenvalue weighted by Gasteiger charge is -2.14. The van der Waals surface area contributed by atoms with Gasteiger partial charge in [-0.3, -0.25) is 9.59 Å². The van der Waals surface area contributed by atoms with E-state index in [1.54, 1.807) is 0 Å². The Hall–Kier alpha value is -3.40. The topological polar surface area (TPSA) is 94.2 Å². The van der Waals surface area contributed by atoms with Gasteiger partial charge in [0.1, 0.15) is 18.0 Å². The minimum absolute atomic E-state index is 0.0289. The van der Waals surface area contributed by atoms with Crippen molar-refractivity contribution in [1.29, 1.82) is 0 Å². The second kappa shape index (κ2) is 8.27. The van der Waals surface area contributed by atoms with Gasteiger partial charge in [0.15, 0.2) is 0 Å². The summed E-state index contributed by atoms with van der Waals surface area (Å²) in [5, 5.41) is 15.0. The number of rotatable bonds is 5. The highest BCUT2D eigenvalue weighted by Crippen LogP contribution is 2.39. The van der Waals surface area contributed by atoms with E-state index in [0.29, 0.717) is 22.2 Å². The number of amides is 2. The highest BCUT2D eigenvalue weighted by atomic mass is 19.4. The molecule has 0 saturated carbocycles. The molecule has 0 aliphatic carbocycles. The van der Waals surface area contributed by atoms with Crippen LogP contribution in [0.1, 0.15) is 17.5 Å². The molecule has 2 atom stereocenters. The summed E-state index contributed by atoms with van der Waals surface area (Å²) in [6, 6.07) is 7.98. The molecule has 1 aromatic heterocycles. The van der Waals surface area contributed by atoms with Crippen LogP contribution in [0.4, 0.5) is 17.6 Å². The number of fused-ring (bicyclic) bond motifs is 1. The Morgan fingerprint density at radius 2 is 1.88 bits per heavy atom. The highest BCUT2D eigenvalue weighted by Gasteiger charge is 2.35. The first kappa shape index (κ1) is 21.8. The number of aromatic amines is 1. The molecule has 0 bridgehead atoms. The third-order valence-electron chi connectivity index (χ3n) is 5.45. The van der Waals surface area contributed by atoms with E-state index in [4.69, 9.17) is 0 Å². The van der Waals surface area contributed by atoms with Crippen LogP contribution in [0.3, 0.4) is 0 Å². The number of carbonyl (C=O) groups is 2. The summed E-state index contributed by atoms with van der Waals surface area (Å²) in [4.78, 5) is 26.9. The predicted octanol–water partition coefficient (Wildman–Crippen LogP) is 2.90. The Morgan fingerprint density at radius 3 is 2.50 bits per heavy atom. The Bertz CT molecular complexity index is 1170. The van der Waals surface area contributed by atoms with Gasteiger partial charge in [-0.15, -0.1) is 0 Å². The average Bonchev–Trinajstić information content (AvgIpc) is 3.26. The highest BCUT2D eigenvalue weighted by molar-refractivity contribution is 5.94. The number of halogens is 4. The van der Waals surface area contributed by atoms with Crippen molar-refractivity contribution in [3.63, 3.8) is 0 Å². The molecular weight excluding hydrogens is 430 g/mol. The van der Waals surface area contributed by atoms with Gasteiger partial charge in [-0.05, 0) is 47.9 Å². The lowest BCUT2D eigenvalue weighted by Crippen LogP contribution is -2.45. The molecule has 3 aromatic rings.